The van der Waals surface area contributed by atoms with E-state index in [0.29, 0.717) is 5.92 Å². The molecular formula is C17H18ClN. The zero-order chi connectivity index (χ0) is 13.4. The van der Waals surface area contributed by atoms with Gasteiger partial charge in [0, 0.05) is 11.1 Å². The van der Waals surface area contributed by atoms with Crippen LogP contribution < -0.4 is 5.73 Å². The molecule has 1 aliphatic rings. The molecule has 0 spiro atoms. The molecule has 2 unspecified atom stereocenters. The molecule has 0 saturated heterocycles. The predicted molar refractivity (Wildman–Crippen MR) is 80.6 cm³/mol. The molecule has 2 aromatic carbocycles. The Morgan fingerprint density at radius 2 is 2.00 bits per heavy atom. The van der Waals surface area contributed by atoms with Crippen LogP contribution in [0.1, 0.15) is 40.6 Å². The summed E-state index contributed by atoms with van der Waals surface area (Å²) in [7, 11) is 0. The third-order valence-corrected chi connectivity index (χ3v) is 4.64. The lowest BCUT2D eigenvalue weighted by atomic mass is 9.74. The molecule has 2 N–H and O–H groups in total. The van der Waals surface area contributed by atoms with Crippen LogP contribution in [0.4, 0.5) is 0 Å². The number of rotatable bonds is 3. The Labute approximate surface area is 119 Å². The van der Waals surface area contributed by atoms with Crippen molar-refractivity contribution in [1.82, 2.24) is 0 Å². The Bertz CT molecular complexity index is 606. The Morgan fingerprint density at radius 3 is 2.79 bits per heavy atom. The van der Waals surface area contributed by atoms with Crippen LogP contribution in [-0.4, -0.2) is 0 Å². The zero-order valence-electron chi connectivity index (χ0n) is 11.1. The molecule has 1 aliphatic carbocycles. The number of fused-ring (bicyclic) bond motifs is 1. The fourth-order valence-corrected chi connectivity index (χ4v) is 3.23. The van der Waals surface area contributed by atoms with Gasteiger partial charge in [-0.25, -0.2) is 0 Å². The number of nitrogens with two attached hydrogens (primary N) is 1. The molecule has 3 rings (SSSR count). The molecule has 0 fully saturated rings. The number of aryl methyl sites for hydroxylation is 1. The fraction of sp³-hybridized carbons (Fsp3) is 0.294. The first-order valence-electron chi connectivity index (χ1n) is 6.75. The first kappa shape index (κ1) is 12.7. The quantitative estimate of drug-likeness (QED) is 0.881. The molecule has 0 bridgehead atoms. The highest BCUT2D eigenvalue weighted by molar-refractivity contribution is 6.32. The van der Waals surface area contributed by atoms with Gasteiger partial charge in [-0.3, -0.25) is 0 Å². The summed E-state index contributed by atoms with van der Waals surface area (Å²) >= 11 is 6.35. The number of benzene rings is 2. The molecule has 0 aliphatic heterocycles. The largest absolute Gasteiger partial charge is 0.324 e. The standard InChI is InChI=1S/C17H18ClN/c1-11-5-4-8-15(17(11)18)16(19)10-13-9-12-6-2-3-7-14(12)13/h2-8,13,16H,9-10,19H2,1H3. The fourth-order valence-electron chi connectivity index (χ4n) is 2.96. The topological polar surface area (TPSA) is 26.0 Å². The van der Waals surface area contributed by atoms with Gasteiger partial charge in [-0.1, -0.05) is 54.1 Å². The van der Waals surface area contributed by atoms with Crippen molar-refractivity contribution < 1.29 is 0 Å². The van der Waals surface area contributed by atoms with Gasteiger partial charge in [0.25, 0.3) is 0 Å². The van der Waals surface area contributed by atoms with E-state index >= 15 is 0 Å². The monoisotopic (exact) mass is 271 g/mol. The highest BCUT2D eigenvalue weighted by atomic mass is 35.5. The van der Waals surface area contributed by atoms with Crippen LogP contribution >= 0.6 is 11.6 Å². The van der Waals surface area contributed by atoms with Crippen molar-refractivity contribution in [2.45, 2.75) is 31.7 Å². The average molecular weight is 272 g/mol. The van der Waals surface area contributed by atoms with Crippen LogP contribution in [0.3, 0.4) is 0 Å². The van der Waals surface area contributed by atoms with Gasteiger partial charge >= 0.3 is 0 Å². The summed E-state index contributed by atoms with van der Waals surface area (Å²) in [4.78, 5) is 0. The molecule has 0 radical (unpaired) electrons. The van der Waals surface area contributed by atoms with Crippen molar-refractivity contribution in [3.8, 4) is 0 Å². The van der Waals surface area contributed by atoms with E-state index in [1.165, 1.54) is 11.1 Å². The lowest BCUT2D eigenvalue weighted by Gasteiger charge is -2.32. The van der Waals surface area contributed by atoms with Gasteiger partial charge in [0.05, 0.1) is 0 Å². The molecule has 0 saturated carbocycles. The molecule has 2 atom stereocenters. The maximum absolute atomic E-state index is 6.35. The summed E-state index contributed by atoms with van der Waals surface area (Å²) in [6.07, 6.45) is 2.12. The van der Waals surface area contributed by atoms with E-state index < -0.39 is 0 Å². The highest BCUT2D eigenvalue weighted by Crippen LogP contribution is 2.41. The molecule has 2 aromatic rings. The van der Waals surface area contributed by atoms with E-state index in [2.05, 4.69) is 24.3 Å². The van der Waals surface area contributed by atoms with Crippen molar-refractivity contribution in [2.75, 3.05) is 0 Å². The van der Waals surface area contributed by atoms with Crippen LogP contribution in [0.2, 0.25) is 5.02 Å². The Balaban J connectivity index is 1.77. The van der Waals surface area contributed by atoms with Crippen LogP contribution in [0.5, 0.6) is 0 Å². The van der Waals surface area contributed by atoms with E-state index in [1.807, 2.05) is 25.1 Å². The van der Waals surface area contributed by atoms with Gasteiger partial charge in [0.2, 0.25) is 0 Å². The molecule has 98 valence electrons. The molecule has 0 heterocycles. The lowest BCUT2D eigenvalue weighted by Crippen LogP contribution is -2.23. The summed E-state index contributed by atoms with van der Waals surface area (Å²) in [6, 6.07) is 14.8. The molecule has 0 aromatic heterocycles. The summed E-state index contributed by atoms with van der Waals surface area (Å²) in [6.45, 7) is 2.03. The maximum atomic E-state index is 6.35. The Hall–Kier alpha value is -1.31. The van der Waals surface area contributed by atoms with Gasteiger partial charge in [-0.05, 0) is 47.9 Å². The first-order valence-corrected chi connectivity index (χ1v) is 7.13. The van der Waals surface area contributed by atoms with Crippen molar-refractivity contribution in [3.63, 3.8) is 0 Å². The number of hydrogen-bond donors (Lipinski definition) is 1. The molecular weight excluding hydrogens is 254 g/mol. The Kier molecular flexibility index (Phi) is 3.34. The van der Waals surface area contributed by atoms with Gasteiger partial charge < -0.3 is 5.73 Å². The summed E-state index contributed by atoms with van der Waals surface area (Å²) in [5, 5.41) is 0.822. The van der Waals surface area contributed by atoms with E-state index in [-0.39, 0.29) is 6.04 Å². The first-order chi connectivity index (χ1) is 9.16. The third-order valence-electron chi connectivity index (χ3n) is 4.12. The van der Waals surface area contributed by atoms with Crippen LogP contribution in [-0.2, 0) is 6.42 Å². The lowest BCUT2D eigenvalue weighted by molar-refractivity contribution is 0.498. The second-order valence-electron chi connectivity index (χ2n) is 5.42. The van der Waals surface area contributed by atoms with Gasteiger partial charge in [-0.2, -0.15) is 0 Å². The number of halogens is 1. The highest BCUT2D eigenvalue weighted by Gasteiger charge is 2.27. The normalized spacial score (nSPS) is 18.6. The van der Waals surface area contributed by atoms with Crippen LogP contribution in [0.25, 0.3) is 0 Å². The van der Waals surface area contributed by atoms with Crippen molar-refractivity contribution in [3.05, 3.63) is 69.7 Å². The minimum absolute atomic E-state index is 0.0192. The van der Waals surface area contributed by atoms with Gasteiger partial charge in [-0.15, -0.1) is 0 Å². The minimum atomic E-state index is 0.0192. The molecule has 1 nitrogen and oxygen atoms in total. The van der Waals surface area contributed by atoms with E-state index in [1.54, 1.807) is 0 Å². The molecule has 0 amide bonds. The maximum Gasteiger partial charge on any atom is 0.0482 e. The predicted octanol–water partition coefficient (Wildman–Crippen LogP) is 4.38. The molecule has 19 heavy (non-hydrogen) atoms. The molecule has 2 heteroatoms. The minimum Gasteiger partial charge on any atom is -0.324 e. The third kappa shape index (κ3) is 2.29. The summed E-state index contributed by atoms with van der Waals surface area (Å²) in [5.41, 5.74) is 11.5. The van der Waals surface area contributed by atoms with Gasteiger partial charge in [0.15, 0.2) is 0 Å². The van der Waals surface area contributed by atoms with Crippen LogP contribution in [0.15, 0.2) is 42.5 Å². The Morgan fingerprint density at radius 1 is 1.21 bits per heavy atom. The second-order valence-corrected chi connectivity index (χ2v) is 5.80. The summed E-state index contributed by atoms with van der Waals surface area (Å²) in [5.74, 6) is 0.586. The van der Waals surface area contributed by atoms with Crippen LogP contribution in [0, 0.1) is 6.92 Å². The van der Waals surface area contributed by atoms with Crippen molar-refractivity contribution in [2.24, 2.45) is 5.73 Å². The van der Waals surface area contributed by atoms with E-state index in [9.17, 15) is 0 Å². The summed E-state index contributed by atoms with van der Waals surface area (Å²) < 4.78 is 0. The van der Waals surface area contributed by atoms with E-state index in [4.69, 9.17) is 17.3 Å². The van der Waals surface area contributed by atoms with E-state index in [0.717, 1.165) is 29.0 Å². The average Bonchev–Trinajstić information content (AvgIpc) is 2.39. The number of hydrogen-bond acceptors (Lipinski definition) is 1. The van der Waals surface area contributed by atoms with Gasteiger partial charge in [0.1, 0.15) is 0 Å². The van der Waals surface area contributed by atoms with Crippen molar-refractivity contribution in [1.29, 1.82) is 0 Å². The zero-order valence-corrected chi connectivity index (χ0v) is 11.8. The second kappa shape index (κ2) is 4.99. The smallest absolute Gasteiger partial charge is 0.0482 e. The van der Waals surface area contributed by atoms with Crippen molar-refractivity contribution >= 4 is 11.6 Å². The SMILES string of the molecule is Cc1cccc(C(N)CC2Cc3ccccc32)c1Cl.